The number of benzene rings is 1. The molecule has 0 spiro atoms. The first-order valence-corrected chi connectivity index (χ1v) is 8.98. The minimum absolute atomic E-state index is 0.134. The molecule has 1 aromatic carbocycles. The average Bonchev–Trinajstić information content (AvgIpc) is 3.16. The lowest BCUT2D eigenvalue weighted by Crippen LogP contribution is -2.39. The zero-order valence-electron chi connectivity index (χ0n) is 15.3. The predicted octanol–water partition coefficient (Wildman–Crippen LogP) is 3.27. The standard InChI is InChI=1S/C18H13ClF5N3O4/c19-8-5-7(1-2-9(8)20)13(27-16(28)12-6-25-18(29)30-12)11-4-3-10(21)17(26-11)31-15(24)14(22)23/h1-5,12-15H,6H2,(H,25,29)(H,27,28)/t12?,13-,15?/m0/s1. The number of ether oxygens (including phenoxy) is 2. The van der Waals surface area contributed by atoms with Crippen molar-refractivity contribution in [1.82, 2.24) is 15.6 Å². The first-order chi connectivity index (χ1) is 14.7. The van der Waals surface area contributed by atoms with Crippen LogP contribution < -0.4 is 15.4 Å². The third-order valence-corrected chi connectivity index (χ3v) is 4.38. The van der Waals surface area contributed by atoms with Crippen LogP contribution in [-0.2, 0) is 9.53 Å². The van der Waals surface area contributed by atoms with Crippen LogP contribution in [0, 0.1) is 11.6 Å². The van der Waals surface area contributed by atoms with Crippen molar-refractivity contribution in [2.75, 3.05) is 6.54 Å². The van der Waals surface area contributed by atoms with E-state index in [1.807, 2.05) is 0 Å². The summed E-state index contributed by atoms with van der Waals surface area (Å²) in [5.41, 5.74) is -0.0149. The highest BCUT2D eigenvalue weighted by molar-refractivity contribution is 6.30. The summed E-state index contributed by atoms with van der Waals surface area (Å²) < 4.78 is 74.5. The number of alkyl halides is 3. The molecule has 1 aliphatic heterocycles. The minimum atomic E-state index is -3.55. The maximum Gasteiger partial charge on any atom is 0.408 e. The molecule has 0 aliphatic carbocycles. The number of cyclic esters (lactones) is 1. The molecule has 166 valence electrons. The second-order valence-electron chi connectivity index (χ2n) is 6.22. The molecule has 2 unspecified atom stereocenters. The molecule has 7 nitrogen and oxygen atoms in total. The molecular weight excluding hydrogens is 453 g/mol. The molecule has 0 radical (unpaired) electrons. The van der Waals surface area contributed by atoms with Gasteiger partial charge in [0.25, 0.3) is 18.1 Å². The zero-order valence-corrected chi connectivity index (χ0v) is 16.0. The van der Waals surface area contributed by atoms with Crippen LogP contribution >= 0.6 is 11.6 Å². The van der Waals surface area contributed by atoms with Gasteiger partial charge in [0.2, 0.25) is 0 Å². The van der Waals surface area contributed by atoms with E-state index < -0.39 is 54.4 Å². The van der Waals surface area contributed by atoms with Crippen LogP contribution in [0.1, 0.15) is 17.3 Å². The summed E-state index contributed by atoms with van der Waals surface area (Å²) in [6.45, 7) is -0.134. The van der Waals surface area contributed by atoms with Crippen LogP contribution in [0.25, 0.3) is 0 Å². The number of aromatic nitrogens is 1. The monoisotopic (exact) mass is 465 g/mol. The van der Waals surface area contributed by atoms with Crippen molar-refractivity contribution in [1.29, 1.82) is 0 Å². The lowest BCUT2D eigenvalue weighted by Gasteiger charge is -2.21. The van der Waals surface area contributed by atoms with Gasteiger partial charge in [-0.2, -0.15) is 4.39 Å². The molecule has 1 saturated heterocycles. The maximum absolute atomic E-state index is 13.9. The van der Waals surface area contributed by atoms with Gasteiger partial charge >= 0.3 is 12.5 Å². The number of nitrogens with one attached hydrogen (secondary N) is 2. The summed E-state index contributed by atoms with van der Waals surface area (Å²) in [5.74, 6) is -3.87. The quantitative estimate of drug-likeness (QED) is 0.613. The second kappa shape index (κ2) is 9.33. The van der Waals surface area contributed by atoms with Crippen molar-refractivity contribution in [3.05, 3.63) is 58.2 Å². The van der Waals surface area contributed by atoms with E-state index in [1.54, 1.807) is 0 Å². The van der Waals surface area contributed by atoms with E-state index in [9.17, 15) is 31.5 Å². The Hall–Kier alpha value is -3.15. The number of pyridine rings is 1. The van der Waals surface area contributed by atoms with Gasteiger partial charge in [0.05, 0.1) is 23.3 Å². The molecule has 1 fully saturated rings. The van der Waals surface area contributed by atoms with E-state index in [2.05, 4.69) is 20.4 Å². The van der Waals surface area contributed by atoms with E-state index in [1.165, 1.54) is 6.07 Å². The largest absolute Gasteiger partial charge is 0.435 e. The van der Waals surface area contributed by atoms with Gasteiger partial charge in [-0.15, -0.1) is 0 Å². The summed E-state index contributed by atoms with van der Waals surface area (Å²) in [7, 11) is 0. The third kappa shape index (κ3) is 5.32. The number of hydrogen-bond acceptors (Lipinski definition) is 5. The highest BCUT2D eigenvalue weighted by Crippen LogP contribution is 2.28. The second-order valence-corrected chi connectivity index (χ2v) is 6.62. The fourth-order valence-electron chi connectivity index (χ4n) is 2.63. The smallest absolute Gasteiger partial charge is 0.408 e. The van der Waals surface area contributed by atoms with E-state index in [0.717, 1.165) is 24.3 Å². The van der Waals surface area contributed by atoms with Gasteiger partial charge in [-0.3, -0.25) is 4.79 Å². The van der Waals surface area contributed by atoms with Gasteiger partial charge in [0.15, 0.2) is 11.9 Å². The van der Waals surface area contributed by atoms with Gasteiger partial charge in [-0.05, 0) is 29.8 Å². The lowest BCUT2D eigenvalue weighted by atomic mass is 10.0. The Morgan fingerprint density at radius 3 is 2.55 bits per heavy atom. The summed E-state index contributed by atoms with van der Waals surface area (Å²) in [4.78, 5) is 27.3. The number of carbonyl (C=O) groups is 2. The predicted molar refractivity (Wildman–Crippen MR) is 95.4 cm³/mol. The maximum atomic E-state index is 13.9. The molecule has 1 aliphatic rings. The molecule has 0 bridgehead atoms. The van der Waals surface area contributed by atoms with Crippen molar-refractivity contribution < 1.29 is 41.0 Å². The Kier molecular flexibility index (Phi) is 6.78. The van der Waals surface area contributed by atoms with Gasteiger partial charge in [0.1, 0.15) is 5.82 Å². The molecule has 3 atom stereocenters. The number of hydrogen-bond donors (Lipinski definition) is 2. The van der Waals surface area contributed by atoms with Crippen LogP contribution in [0.3, 0.4) is 0 Å². The summed E-state index contributed by atoms with van der Waals surface area (Å²) in [6.07, 6.45) is -8.73. The third-order valence-electron chi connectivity index (χ3n) is 4.09. The molecule has 31 heavy (non-hydrogen) atoms. The normalized spacial score (nSPS) is 17.6. The fourth-order valence-corrected chi connectivity index (χ4v) is 2.82. The Morgan fingerprint density at radius 2 is 1.94 bits per heavy atom. The van der Waals surface area contributed by atoms with Gasteiger partial charge in [-0.1, -0.05) is 17.7 Å². The summed E-state index contributed by atoms with van der Waals surface area (Å²) >= 11 is 5.78. The Labute approximate surface area is 176 Å². The number of carbonyl (C=O) groups excluding carboxylic acids is 2. The first kappa shape index (κ1) is 22.5. The molecule has 13 heteroatoms. The van der Waals surface area contributed by atoms with E-state index >= 15 is 0 Å². The summed E-state index contributed by atoms with van der Waals surface area (Å²) in [6, 6.07) is 3.95. The molecule has 2 heterocycles. The molecule has 0 saturated carbocycles. The van der Waals surface area contributed by atoms with Crippen LogP contribution in [0.15, 0.2) is 30.3 Å². The molecule has 3 rings (SSSR count). The Morgan fingerprint density at radius 1 is 1.23 bits per heavy atom. The number of halogens is 6. The minimum Gasteiger partial charge on any atom is -0.435 e. The molecule has 2 aromatic rings. The van der Waals surface area contributed by atoms with Gasteiger partial charge in [-0.25, -0.2) is 27.3 Å². The Balaban J connectivity index is 1.96. The summed E-state index contributed by atoms with van der Waals surface area (Å²) in [5, 5.41) is 4.43. The highest BCUT2D eigenvalue weighted by Gasteiger charge is 2.32. The molecule has 2 N–H and O–H groups in total. The van der Waals surface area contributed by atoms with Crippen molar-refractivity contribution in [2.45, 2.75) is 24.9 Å². The van der Waals surface area contributed by atoms with Crippen molar-refractivity contribution in [2.24, 2.45) is 0 Å². The van der Waals surface area contributed by atoms with Crippen LogP contribution in [0.2, 0.25) is 5.02 Å². The number of alkyl carbamates (subject to hydrolysis) is 1. The average molecular weight is 466 g/mol. The van der Waals surface area contributed by atoms with E-state index in [4.69, 9.17) is 16.3 Å². The van der Waals surface area contributed by atoms with Crippen LogP contribution in [0.5, 0.6) is 5.88 Å². The molecule has 2 amide bonds. The lowest BCUT2D eigenvalue weighted by molar-refractivity contribution is -0.128. The number of rotatable bonds is 7. The number of nitrogens with zero attached hydrogens (tertiary/aromatic N) is 1. The Bertz CT molecular complexity index is 997. The zero-order chi connectivity index (χ0) is 22.7. The van der Waals surface area contributed by atoms with E-state index in [0.29, 0.717) is 0 Å². The van der Waals surface area contributed by atoms with Crippen molar-refractivity contribution >= 4 is 23.6 Å². The van der Waals surface area contributed by atoms with Crippen LogP contribution in [0.4, 0.5) is 26.7 Å². The highest BCUT2D eigenvalue weighted by atomic mass is 35.5. The topological polar surface area (TPSA) is 89.6 Å². The van der Waals surface area contributed by atoms with E-state index in [-0.39, 0.29) is 22.8 Å². The number of amides is 2. The fraction of sp³-hybridized carbons (Fsp3) is 0.278. The van der Waals surface area contributed by atoms with Crippen molar-refractivity contribution in [3.8, 4) is 5.88 Å². The van der Waals surface area contributed by atoms with Gasteiger partial charge < -0.3 is 20.1 Å². The first-order valence-electron chi connectivity index (χ1n) is 8.61. The molecule has 1 aromatic heterocycles. The van der Waals surface area contributed by atoms with Crippen molar-refractivity contribution in [3.63, 3.8) is 0 Å². The van der Waals surface area contributed by atoms with Gasteiger partial charge in [0, 0.05) is 0 Å². The molecular formula is C18H13ClF5N3O4. The SMILES string of the molecule is O=C1NCC(C(=O)N[C@@H](c2ccc(F)c(Cl)c2)c2ccc(F)c(OC(F)C(F)F)n2)O1. The van der Waals surface area contributed by atoms with Crippen LogP contribution in [-0.4, -0.2) is 42.4 Å².